The molecule has 30 heavy (non-hydrogen) atoms. The quantitative estimate of drug-likeness (QED) is 0.662. The molecule has 0 bridgehead atoms. The second kappa shape index (κ2) is 8.67. The molecule has 4 rings (SSSR count). The lowest BCUT2D eigenvalue weighted by molar-refractivity contribution is 0.0979. The Bertz CT molecular complexity index is 1070. The Morgan fingerprint density at radius 3 is 2.60 bits per heavy atom. The van der Waals surface area contributed by atoms with Gasteiger partial charge in [-0.3, -0.25) is 9.36 Å². The van der Waals surface area contributed by atoms with Gasteiger partial charge in [0, 0.05) is 45.2 Å². The Balaban J connectivity index is 1.72. The number of fused-ring (bicyclic) bond motifs is 1. The summed E-state index contributed by atoms with van der Waals surface area (Å²) in [6.45, 7) is 8.17. The first-order chi connectivity index (χ1) is 14.6. The molecule has 1 saturated heterocycles. The highest BCUT2D eigenvalue weighted by molar-refractivity contribution is 6.09. The van der Waals surface area contributed by atoms with Gasteiger partial charge >= 0.3 is 0 Å². The molecule has 0 spiro atoms. The van der Waals surface area contributed by atoms with Crippen molar-refractivity contribution in [2.45, 2.75) is 20.4 Å². The summed E-state index contributed by atoms with van der Waals surface area (Å²) in [6, 6.07) is 14.1. The van der Waals surface area contributed by atoms with Gasteiger partial charge in [0.25, 0.3) is 5.91 Å². The van der Waals surface area contributed by atoms with Crippen molar-refractivity contribution in [3.8, 4) is 0 Å². The largest absolute Gasteiger partial charge is 0.338 e. The Hall–Kier alpha value is -3.19. The summed E-state index contributed by atoms with van der Waals surface area (Å²) in [5.74, 6) is 0.947. The van der Waals surface area contributed by atoms with Crippen molar-refractivity contribution in [3.05, 3.63) is 59.9 Å². The molecule has 1 amide bonds. The van der Waals surface area contributed by atoms with Gasteiger partial charge in [-0.05, 0) is 25.3 Å². The van der Waals surface area contributed by atoms with Gasteiger partial charge in [0.2, 0.25) is 11.8 Å². The highest BCUT2D eigenvalue weighted by Crippen LogP contribution is 2.27. The van der Waals surface area contributed by atoms with Crippen LogP contribution in [0.3, 0.4) is 0 Å². The zero-order valence-corrected chi connectivity index (χ0v) is 17.8. The lowest BCUT2D eigenvalue weighted by Gasteiger charge is -2.28. The molecule has 0 saturated carbocycles. The summed E-state index contributed by atoms with van der Waals surface area (Å²) in [7, 11) is 1.80. The van der Waals surface area contributed by atoms with Crippen molar-refractivity contribution in [2.24, 2.45) is 0 Å². The molecule has 1 fully saturated rings. The molecule has 1 aliphatic rings. The summed E-state index contributed by atoms with van der Waals surface area (Å²) < 4.78 is 1.93. The van der Waals surface area contributed by atoms with Crippen LogP contribution < -0.4 is 15.1 Å². The summed E-state index contributed by atoms with van der Waals surface area (Å²) in [5.41, 5.74) is 2.05. The number of benzene rings is 2. The standard InChI is InChI=1S/C23H28N6O/c1-17(2)11-14-29-21(25-26-23(29)28-15-12-24-13-16-28)22(30)27(3)20-10-6-8-18-7-4-5-9-19(18)20/h4-11,24H,12-16H2,1-3H3. The zero-order valence-electron chi connectivity index (χ0n) is 17.8. The van der Waals surface area contributed by atoms with Gasteiger partial charge in [0.15, 0.2) is 0 Å². The molecule has 7 nitrogen and oxygen atoms in total. The van der Waals surface area contributed by atoms with E-state index in [4.69, 9.17) is 0 Å². The Morgan fingerprint density at radius 2 is 1.83 bits per heavy atom. The summed E-state index contributed by atoms with van der Waals surface area (Å²) in [5, 5.41) is 14.2. The van der Waals surface area contributed by atoms with Gasteiger partial charge in [-0.25, -0.2) is 0 Å². The predicted octanol–water partition coefficient (Wildman–Crippen LogP) is 3.08. The first-order valence-electron chi connectivity index (χ1n) is 10.3. The molecule has 2 heterocycles. The molecule has 156 valence electrons. The number of allylic oxidation sites excluding steroid dienone is 2. The third-order valence-electron chi connectivity index (χ3n) is 5.44. The Morgan fingerprint density at radius 1 is 1.10 bits per heavy atom. The molecule has 3 aromatic rings. The van der Waals surface area contributed by atoms with E-state index in [1.807, 2.05) is 34.9 Å². The van der Waals surface area contributed by atoms with Crippen LogP contribution in [-0.4, -0.2) is 53.9 Å². The van der Waals surface area contributed by atoms with E-state index in [2.05, 4.69) is 52.5 Å². The van der Waals surface area contributed by atoms with Crippen molar-refractivity contribution in [1.82, 2.24) is 20.1 Å². The average molecular weight is 405 g/mol. The van der Waals surface area contributed by atoms with E-state index in [0.717, 1.165) is 48.6 Å². The van der Waals surface area contributed by atoms with Crippen LogP contribution in [-0.2, 0) is 6.54 Å². The average Bonchev–Trinajstić information content (AvgIpc) is 3.20. The normalized spacial score (nSPS) is 14.0. The van der Waals surface area contributed by atoms with Crippen LogP contribution in [0.2, 0.25) is 0 Å². The second-order valence-electron chi connectivity index (χ2n) is 7.82. The van der Waals surface area contributed by atoms with Crippen molar-refractivity contribution in [3.63, 3.8) is 0 Å². The Labute approximate surface area is 177 Å². The first-order valence-corrected chi connectivity index (χ1v) is 10.3. The lowest BCUT2D eigenvalue weighted by atomic mass is 10.1. The van der Waals surface area contributed by atoms with Gasteiger partial charge in [-0.15, -0.1) is 10.2 Å². The minimum absolute atomic E-state index is 0.164. The minimum atomic E-state index is -0.164. The van der Waals surface area contributed by atoms with Crippen molar-refractivity contribution >= 4 is 28.3 Å². The zero-order chi connectivity index (χ0) is 21.1. The molecular formula is C23H28N6O. The number of rotatable bonds is 5. The maximum absolute atomic E-state index is 13.5. The highest BCUT2D eigenvalue weighted by atomic mass is 16.2. The van der Waals surface area contributed by atoms with Gasteiger partial charge in [0.05, 0.1) is 5.69 Å². The monoisotopic (exact) mass is 404 g/mol. The molecule has 1 aliphatic heterocycles. The number of hydrogen-bond donors (Lipinski definition) is 1. The number of carbonyl (C=O) groups excluding carboxylic acids is 1. The smallest absolute Gasteiger partial charge is 0.296 e. The molecule has 0 radical (unpaired) electrons. The van der Waals surface area contributed by atoms with Crippen LogP contribution in [0.5, 0.6) is 0 Å². The number of aromatic nitrogens is 3. The second-order valence-corrected chi connectivity index (χ2v) is 7.82. The minimum Gasteiger partial charge on any atom is -0.338 e. The molecule has 7 heteroatoms. The van der Waals surface area contributed by atoms with Gasteiger partial charge in [0.1, 0.15) is 0 Å². The molecule has 0 atom stereocenters. The van der Waals surface area contributed by atoms with Crippen molar-refractivity contribution in [2.75, 3.05) is 43.0 Å². The van der Waals surface area contributed by atoms with Gasteiger partial charge in [-0.2, -0.15) is 0 Å². The number of carbonyl (C=O) groups is 1. The number of amides is 1. The number of nitrogens with zero attached hydrogens (tertiary/aromatic N) is 5. The highest BCUT2D eigenvalue weighted by Gasteiger charge is 2.26. The first kappa shape index (κ1) is 20.1. The maximum atomic E-state index is 13.5. The van der Waals surface area contributed by atoms with Crippen LogP contribution in [0, 0.1) is 0 Å². The molecule has 1 N–H and O–H groups in total. The topological polar surface area (TPSA) is 66.3 Å². The molecular weight excluding hydrogens is 376 g/mol. The Kier molecular flexibility index (Phi) is 5.81. The van der Waals surface area contributed by atoms with Crippen LogP contribution in [0.4, 0.5) is 11.6 Å². The van der Waals surface area contributed by atoms with Crippen LogP contribution >= 0.6 is 0 Å². The number of anilines is 2. The van der Waals surface area contributed by atoms with E-state index < -0.39 is 0 Å². The van der Waals surface area contributed by atoms with E-state index in [-0.39, 0.29) is 5.91 Å². The van der Waals surface area contributed by atoms with E-state index in [9.17, 15) is 4.79 Å². The number of nitrogens with one attached hydrogen (secondary N) is 1. The third kappa shape index (κ3) is 3.93. The van der Waals surface area contributed by atoms with Crippen LogP contribution in [0.25, 0.3) is 10.8 Å². The van der Waals surface area contributed by atoms with Crippen LogP contribution in [0.1, 0.15) is 24.5 Å². The lowest BCUT2D eigenvalue weighted by Crippen LogP contribution is -2.44. The maximum Gasteiger partial charge on any atom is 0.296 e. The SMILES string of the molecule is CC(C)=CCn1c(C(=O)N(C)c2cccc3ccccc23)nnc1N1CCNCC1. The predicted molar refractivity (Wildman–Crippen MR) is 121 cm³/mol. The fourth-order valence-corrected chi connectivity index (χ4v) is 3.75. The third-order valence-corrected chi connectivity index (χ3v) is 5.44. The summed E-state index contributed by atoms with van der Waals surface area (Å²) in [4.78, 5) is 17.4. The van der Waals surface area contributed by atoms with E-state index in [1.165, 1.54) is 5.57 Å². The molecule has 0 aliphatic carbocycles. The fraction of sp³-hybridized carbons (Fsp3) is 0.348. The van der Waals surface area contributed by atoms with Crippen molar-refractivity contribution in [1.29, 1.82) is 0 Å². The molecule has 0 unspecified atom stereocenters. The van der Waals surface area contributed by atoms with Crippen molar-refractivity contribution < 1.29 is 4.79 Å². The molecule has 2 aromatic carbocycles. The van der Waals surface area contributed by atoms with Gasteiger partial charge < -0.3 is 15.1 Å². The van der Waals surface area contributed by atoms with Crippen LogP contribution in [0.15, 0.2) is 54.1 Å². The molecule has 1 aromatic heterocycles. The fourth-order valence-electron chi connectivity index (χ4n) is 3.75. The van der Waals surface area contributed by atoms with E-state index >= 15 is 0 Å². The van der Waals surface area contributed by atoms with E-state index in [0.29, 0.717) is 12.4 Å². The van der Waals surface area contributed by atoms with E-state index in [1.54, 1.807) is 11.9 Å². The summed E-state index contributed by atoms with van der Waals surface area (Å²) in [6.07, 6.45) is 2.10. The van der Waals surface area contributed by atoms with Gasteiger partial charge in [-0.1, -0.05) is 48.0 Å². The number of hydrogen-bond acceptors (Lipinski definition) is 5. The number of piperazine rings is 1. The summed E-state index contributed by atoms with van der Waals surface area (Å²) >= 11 is 0.